The van der Waals surface area contributed by atoms with Gasteiger partial charge in [0.1, 0.15) is 0 Å². The van der Waals surface area contributed by atoms with Crippen molar-refractivity contribution in [2.75, 3.05) is 14.1 Å². The van der Waals surface area contributed by atoms with E-state index < -0.39 is 46.7 Å². The van der Waals surface area contributed by atoms with Gasteiger partial charge in [-0.3, -0.25) is 4.55 Å². The Morgan fingerprint density at radius 1 is 0.792 bits per heavy atom. The van der Waals surface area contributed by atoms with E-state index in [0.717, 1.165) is 0 Å². The molecule has 0 fully saturated rings. The second-order valence-electron chi connectivity index (χ2n) is 5.08. The average molecular weight is 393 g/mol. The largest absolute Gasteiger partial charge is 0.431 e. The Bertz CT molecular complexity index is 438. The monoisotopic (exact) mass is 393 g/mol. The third-order valence-electron chi connectivity index (χ3n) is 2.70. The normalized spacial score (nSPS) is 13.4. The number of alkyl halides is 7. The molecule has 4 nitrogen and oxygen atoms in total. The van der Waals surface area contributed by atoms with Crippen LogP contribution in [0.5, 0.6) is 0 Å². The van der Waals surface area contributed by atoms with E-state index in [4.69, 9.17) is 4.55 Å². The minimum Gasteiger partial charge on any atom is -0.323 e. The lowest BCUT2D eigenvalue weighted by Crippen LogP contribution is -2.46. The van der Waals surface area contributed by atoms with E-state index in [9.17, 15) is 39.2 Å². The molecule has 2 N–H and O–H groups in total. The molecule has 0 aromatic rings. The van der Waals surface area contributed by atoms with Gasteiger partial charge in [-0.05, 0) is 26.9 Å². The topological polar surface area (TPSA) is 66.4 Å². The van der Waals surface area contributed by atoms with Gasteiger partial charge in [-0.25, -0.2) is 0 Å². The highest BCUT2D eigenvalue weighted by Gasteiger charge is 2.64. The van der Waals surface area contributed by atoms with Crippen molar-refractivity contribution in [1.82, 2.24) is 5.32 Å². The first-order valence-corrected chi connectivity index (χ1v) is 8.44. The molecule has 0 bridgehead atoms. The lowest BCUT2D eigenvalue weighted by atomic mass is 10.1. The quantitative estimate of drug-likeness (QED) is 0.350. The van der Waals surface area contributed by atoms with E-state index in [-0.39, 0.29) is 25.7 Å². The molecule has 0 aliphatic heterocycles. The van der Waals surface area contributed by atoms with Crippen molar-refractivity contribution in [2.45, 2.75) is 62.3 Å². The van der Waals surface area contributed by atoms with Gasteiger partial charge in [-0.2, -0.15) is 39.2 Å². The van der Waals surface area contributed by atoms with E-state index in [1.807, 2.05) is 14.1 Å². The summed E-state index contributed by atoms with van der Waals surface area (Å²) < 4.78 is 115. The number of unbranched alkanes of at least 4 members (excludes halogenated alkanes) is 4. The number of hydrogen-bond acceptors (Lipinski definition) is 3. The van der Waals surface area contributed by atoms with Gasteiger partial charge in [0.25, 0.3) is 0 Å². The first kappa shape index (κ1) is 25.6. The molecule has 0 heterocycles. The van der Waals surface area contributed by atoms with Crippen LogP contribution in [0.2, 0.25) is 0 Å². The summed E-state index contributed by atoms with van der Waals surface area (Å²) in [6, 6.07) is 0. The van der Waals surface area contributed by atoms with E-state index in [1.54, 1.807) is 0 Å². The Morgan fingerprint density at radius 3 is 1.46 bits per heavy atom. The number of halogens is 7. The maximum atomic E-state index is 13.0. The van der Waals surface area contributed by atoms with Crippen LogP contribution in [0.3, 0.4) is 0 Å². The highest BCUT2D eigenvalue weighted by Crippen LogP contribution is 2.41. The van der Waals surface area contributed by atoms with Gasteiger partial charge in [0.15, 0.2) is 0 Å². The summed E-state index contributed by atoms with van der Waals surface area (Å²) in [5.41, 5.74) is 0. The summed E-state index contributed by atoms with van der Waals surface area (Å²) in [6.07, 6.45) is -7.31. The van der Waals surface area contributed by atoms with Crippen molar-refractivity contribution in [3.05, 3.63) is 0 Å². The molecular weight excluding hydrogens is 371 g/mol. The van der Waals surface area contributed by atoms with E-state index in [0.29, 0.717) is 0 Å². The van der Waals surface area contributed by atoms with Gasteiger partial charge in [-0.15, -0.1) is 0 Å². The zero-order valence-electron chi connectivity index (χ0n) is 13.3. The van der Waals surface area contributed by atoms with E-state index >= 15 is 0 Å². The second kappa shape index (κ2) is 10.4. The predicted molar refractivity (Wildman–Crippen MR) is 74.8 cm³/mol. The average Bonchev–Trinajstić information content (AvgIpc) is 2.35. The van der Waals surface area contributed by atoms with Crippen molar-refractivity contribution in [3.63, 3.8) is 0 Å². The number of rotatable bonds is 9. The molecule has 0 amide bonds. The zero-order valence-corrected chi connectivity index (χ0v) is 14.1. The number of nitrogens with one attached hydrogen (secondary N) is 1. The molecule has 12 heteroatoms. The molecule has 0 spiro atoms. The Kier molecular flexibility index (Phi) is 11.1. The molecular formula is C12H22F7NO3S. The van der Waals surface area contributed by atoms with Crippen LogP contribution in [-0.2, 0) is 10.1 Å². The fourth-order valence-electron chi connectivity index (χ4n) is 1.54. The molecule has 0 atom stereocenters. The molecule has 0 aromatic carbocycles. The van der Waals surface area contributed by atoms with Crippen molar-refractivity contribution >= 4 is 10.1 Å². The fraction of sp³-hybridized carbons (Fsp3) is 1.00. The first-order valence-electron chi connectivity index (χ1n) is 7.00. The summed E-state index contributed by atoms with van der Waals surface area (Å²) in [7, 11) is -2.49. The summed E-state index contributed by atoms with van der Waals surface area (Å²) in [5.74, 6) is -4.94. The van der Waals surface area contributed by atoms with Crippen LogP contribution in [0.15, 0.2) is 0 Å². The third kappa shape index (κ3) is 10.3. The molecule has 0 aromatic heterocycles. The number of hydrogen-bond donors (Lipinski definition) is 2. The fourth-order valence-corrected chi connectivity index (χ4v) is 2.02. The van der Waals surface area contributed by atoms with E-state index in [1.165, 1.54) is 0 Å². The maximum absolute atomic E-state index is 13.0. The van der Waals surface area contributed by atoms with Crippen LogP contribution in [0.1, 0.15) is 44.9 Å². The van der Waals surface area contributed by atoms with Crippen molar-refractivity contribution in [1.29, 1.82) is 0 Å². The summed E-state index contributed by atoms with van der Waals surface area (Å²) >= 11 is 0. The SMILES string of the molecule is CNC.O=S(=O)(O)C(F)(F)C(F)(F)CCCCCCCC(F)(F)F. The van der Waals surface area contributed by atoms with Gasteiger partial charge in [0.05, 0.1) is 0 Å². The smallest absolute Gasteiger partial charge is 0.323 e. The van der Waals surface area contributed by atoms with Crippen molar-refractivity contribution in [3.8, 4) is 0 Å². The third-order valence-corrected chi connectivity index (χ3v) is 3.65. The highest BCUT2D eigenvalue weighted by molar-refractivity contribution is 7.87. The Labute approximate surface area is 136 Å². The van der Waals surface area contributed by atoms with Gasteiger partial charge < -0.3 is 5.32 Å². The summed E-state index contributed by atoms with van der Waals surface area (Å²) in [6.45, 7) is 0. The Balaban J connectivity index is 0. The molecule has 0 radical (unpaired) electrons. The van der Waals surface area contributed by atoms with Crippen LogP contribution in [0.4, 0.5) is 30.7 Å². The van der Waals surface area contributed by atoms with Gasteiger partial charge >= 0.3 is 27.5 Å². The molecule has 24 heavy (non-hydrogen) atoms. The standard InChI is InChI=1S/C10H15F7O3S.C2H7N/c11-8(12,10(16,17)21(18,19)20)6-4-2-1-3-5-7-9(13,14)15;1-3-2/h1-7H2,(H,18,19,20);3H,1-2H3. The van der Waals surface area contributed by atoms with Gasteiger partial charge in [0.2, 0.25) is 0 Å². The second-order valence-corrected chi connectivity index (χ2v) is 6.54. The van der Waals surface area contributed by atoms with Crippen LogP contribution in [0.25, 0.3) is 0 Å². The van der Waals surface area contributed by atoms with Crippen LogP contribution < -0.4 is 5.32 Å². The highest BCUT2D eigenvalue weighted by atomic mass is 32.2. The van der Waals surface area contributed by atoms with E-state index in [2.05, 4.69) is 5.32 Å². The minimum absolute atomic E-state index is 0.0466. The van der Waals surface area contributed by atoms with Crippen LogP contribution in [0, 0.1) is 0 Å². The maximum Gasteiger partial charge on any atom is 0.431 e. The lowest BCUT2D eigenvalue weighted by molar-refractivity contribution is -0.164. The molecule has 0 rings (SSSR count). The minimum atomic E-state index is -6.24. The van der Waals surface area contributed by atoms with Crippen LogP contribution >= 0.6 is 0 Å². The molecule has 0 unspecified atom stereocenters. The Hall–Kier alpha value is -0.620. The summed E-state index contributed by atoms with van der Waals surface area (Å²) in [4.78, 5) is 0. The molecule has 0 aliphatic rings. The zero-order chi connectivity index (χ0) is 19.7. The predicted octanol–water partition coefficient (Wildman–Crippen LogP) is 4.23. The first-order chi connectivity index (χ1) is 10.6. The van der Waals surface area contributed by atoms with Crippen molar-refractivity contribution < 1.29 is 43.7 Å². The molecule has 0 saturated carbocycles. The molecule has 148 valence electrons. The van der Waals surface area contributed by atoms with Crippen molar-refractivity contribution in [2.24, 2.45) is 0 Å². The van der Waals surface area contributed by atoms with Gasteiger partial charge in [0, 0.05) is 12.8 Å². The lowest BCUT2D eigenvalue weighted by Gasteiger charge is -2.23. The Morgan fingerprint density at radius 2 is 1.12 bits per heavy atom. The van der Waals surface area contributed by atoms with Crippen LogP contribution in [-0.4, -0.2) is 44.4 Å². The summed E-state index contributed by atoms with van der Waals surface area (Å²) in [5, 5.41) is -2.84. The molecule has 0 saturated heterocycles. The van der Waals surface area contributed by atoms with Gasteiger partial charge in [-0.1, -0.05) is 19.3 Å². The molecule has 0 aliphatic carbocycles.